The Morgan fingerprint density at radius 3 is 1.37 bits per heavy atom. The van der Waals surface area contributed by atoms with Crippen LogP contribution in [0.2, 0.25) is 0 Å². The van der Waals surface area contributed by atoms with Gasteiger partial charge in [0.1, 0.15) is 0 Å². The van der Waals surface area contributed by atoms with E-state index >= 15 is 0 Å². The maximum atomic E-state index is 5.63. The Morgan fingerprint density at radius 2 is 0.762 bits per heavy atom. The first-order valence-corrected chi connectivity index (χ1v) is 21.6. The van der Waals surface area contributed by atoms with Crippen molar-refractivity contribution in [2.75, 3.05) is 0 Å². The van der Waals surface area contributed by atoms with Crippen molar-refractivity contribution in [2.45, 2.75) is 5.41 Å². The van der Waals surface area contributed by atoms with Crippen LogP contribution in [0.4, 0.5) is 0 Å². The molecule has 0 aliphatic heterocycles. The molecule has 12 aromatic rings. The SMILES string of the molecule is c1ccc(-c2ccc3ccc4ccc(-c5c6ccccc6c(-c6ccc7c8c(ccc7n6)-c6ccccc6C8(c6ccccc6)c6ccccc6)c6ccccc56)nc4c3n2)cc1. The average Bonchev–Trinajstić information content (AvgIpc) is 3.67. The molecule has 13 rings (SSSR count). The zero-order valence-corrected chi connectivity index (χ0v) is 34.2. The largest absolute Gasteiger partial charge is 0.248 e. The Labute approximate surface area is 364 Å². The van der Waals surface area contributed by atoms with Gasteiger partial charge in [-0.25, -0.2) is 15.0 Å². The summed E-state index contributed by atoms with van der Waals surface area (Å²) in [6, 6.07) is 80.8. The van der Waals surface area contributed by atoms with E-state index in [0.29, 0.717) is 0 Å². The summed E-state index contributed by atoms with van der Waals surface area (Å²) in [5, 5.41) is 7.83. The summed E-state index contributed by atoms with van der Waals surface area (Å²) in [4.78, 5) is 16.3. The van der Waals surface area contributed by atoms with Gasteiger partial charge in [-0.15, -0.1) is 0 Å². The summed E-state index contributed by atoms with van der Waals surface area (Å²) in [5.41, 5.74) is 15.9. The molecule has 1 aliphatic rings. The number of hydrogen-bond donors (Lipinski definition) is 0. The fourth-order valence-corrected chi connectivity index (χ4v) is 10.7. The van der Waals surface area contributed by atoms with Crippen molar-refractivity contribution >= 4 is 54.3 Å². The third-order valence-electron chi connectivity index (χ3n) is 13.3. The first-order valence-electron chi connectivity index (χ1n) is 21.6. The Morgan fingerprint density at radius 1 is 0.302 bits per heavy atom. The van der Waals surface area contributed by atoms with Gasteiger partial charge in [0.25, 0.3) is 0 Å². The molecule has 3 heteroatoms. The molecule has 3 heterocycles. The van der Waals surface area contributed by atoms with Crippen LogP contribution < -0.4 is 0 Å². The van der Waals surface area contributed by atoms with Gasteiger partial charge in [-0.2, -0.15) is 0 Å². The van der Waals surface area contributed by atoms with E-state index in [1.165, 1.54) is 33.4 Å². The van der Waals surface area contributed by atoms with Crippen LogP contribution in [0.5, 0.6) is 0 Å². The first kappa shape index (κ1) is 35.5. The molecular formula is C60H37N3. The van der Waals surface area contributed by atoms with Gasteiger partial charge >= 0.3 is 0 Å². The summed E-state index contributed by atoms with van der Waals surface area (Å²) in [5.74, 6) is 0. The molecule has 63 heavy (non-hydrogen) atoms. The molecule has 0 saturated carbocycles. The molecule has 0 unspecified atom stereocenters. The minimum Gasteiger partial charge on any atom is -0.248 e. The molecule has 0 atom stereocenters. The molecule has 0 N–H and O–H groups in total. The standard InChI is InChI=1S/C60H37N3/c1-4-16-38(17-5-1)51-34-30-39-28-29-40-31-35-54(63-59(40)58(39)62-51)56-46-25-12-10-23-44(46)55(45-24-11-13-26-47(45)56)53-37-33-49-52(61-53)36-32-48-43-22-14-15-27-50(43)60(57(48)49,41-18-6-2-7-19-41)42-20-8-3-9-21-42/h1-37H. The highest BCUT2D eigenvalue weighted by Crippen LogP contribution is 2.58. The monoisotopic (exact) mass is 799 g/mol. The second kappa shape index (κ2) is 13.9. The van der Waals surface area contributed by atoms with E-state index < -0.39 is 5.41 Å². The van der Waals surface area contributed by atoms with Crippen LogP contribution in [0.25, 0.3) is 99.2 Å². The molecule has 0 spiro atoms. The zero-order chi connectivity index (χ0) is 41.5. The Balaban J connectivity index is 1.04. The van der Waals surface area contributed by atoms with Crippen LogP contribution in [0.3, 0.4) is 0 Å². The van der Waals surface area contributed by atoms with Crippen molar-refractivity contribution in [3.05, 3.63) is 247 Å². The molecule has 0 saturated heterocycles. The summed E-state index contributed by atoms with van der Waals surface area (Å²) >= 11 is 0. The first-order chi connectivity index (χ1) is 31.3. The van der Waals surface area contributed by atoms with Crippen LogP contribution >= 0.6 is 0 Å². The highest BCUT2D eigenvalue weighted by atomic mass is 14.8. The second-order valence-corrected chi connectivity index (χ2v) is 16.6. The molecule has 0 amide bonds. The number of benzene rings is 9. The van der Waals surface area contributed by atoms with Crippen LogP contribution in [0, 0.1) is 0 Å². The van der Waals surface area contributed by atoms with Gasteiger partial charge in [-0.05, 0) is 79.2 Å². The van der Waals surface area contributed by atoms with E-state index in [4.69, 9.17) is 15.0 Å². The van der Waals surface area contributed by atoms with Gasteiger partial charge in [-0.1, -0.05) is 200 Å². The Kier molecular flexibility index (Phi) is 7.82. The number of fused-ring (bicyclic) bond motifs is 10. The molecule has 0 fully saturated rings. The number of nitrogens with zero attached hydrogens (tertiary/aromatic N) is 3. The van der Waals surface area contributed by atoms with Crippen molar-refractivity contribution in [1.29, 1.82) is 0 Å². The molecule has 0 bridgehead atoms. The van der Waals surface area contributed by atoms with Crippen molar-refractivity contribution in [2.24, 2.45) is 0 Å². The van der Waals surface area contributed by atoms with E-state index in [2.05, 4.69) is 218 Å². The van der Waals surface area contributed by atoms with Crippen LogP contribution in [-0.4, -0.2) is 15.0 Å². The minimum absolute atomic E-state index is 0.519. The van der Waals surface area contributed by atoms with Gasteiger partial charge in [0, 0.05) is 32.8 Å². The van der Waals surface area contributed by atoms with E-state index in [9.17, 15) is 0 Å². The Hall–Kier alpha value is -8.27. The van der Waals surface area contributed by atoms with Crippen molar-refractivity contribution in [3.8, 4) is 44.9 Å². The molecule has 3 aromatic heterocycles. The fourth-order valence-electron chi connectivity index (χ4n) is 10.7. The lowest BCUT2D eigenvalue weighted by Gasteiger charge is -2.34. The fraction of sp³-hybridized carbons (Fsp3) is 0.0167. The maximum absolute atomic E-state index is 5.63. The number of rotatable bonds is 5. The van der Waals surface area contributed by atoms with Crippen LogP contribution in [0.15, 0.2) is 224 Å². The molecule has 1 aliphatic carbocycles. The molecule has 9 aromatic carbocycles. The molecular weight excluding hydrogens is 763 g/mol. The predicted octanol–water partition coefficient (Wildman–Crippen LogP) is 15.0. The number of hydrogen-bond acceptors (Lipinski definition) is 3. The summed E-state index contributed by atoms with van der Waals surface area (Å²) in [6.45, 7) is 0. The highest BCUT2D eigenvalue weighted by molar-refractivity contribution is 6.21. The molecule has 3 nitrogen and oxygen atoms in total. The minimum atomic E-state index is -0.519. The topological polar surface area (TPSA) is 38.7 Å². The summed E-state index contributed by atoms with van der Waals surface area (Å²) in [6.07, 6.45) is 0. The summed E-state index contributed by atoms with van der Waals surface area (Å²) in [7, 11) is 0. The zero-order valence-electron chi connectivity index (χ0n) is 34.2. The lowest BCUT2D eigenvalue weighted by Crippen LogP contribution is -2.28. The Bertz CT molecular complexity index is 3690. The van der Waals surface area contributed by atoms with Gasteiger partial charge < -0.3 is 0 Å². The third kappa shape index (κ3) is 5.23. The lowest BCUT2D eigenvalue weighted by molar-refractivity contribution is 0.775. The quantitative estimate of drug-likeness (QED) is 0.129. The van der Waals surface area contributed by atoms with Crippen molar-refractivity contribution in [3.63, 3.8) is 0 Å². The lowest BCUT2D eigenvalue weighted by atomic mass is 9.67. The van der Waals surface area contributed by atoms with E-state index in [1.807, 2.05) is 6.07 Å². The third-order valence-corrected chi connectivity index (χ3v) is 13.3. The number of aromatic nitrogens is 3. The molecule has 292 valence electrons. The number of pyridine rings is 3. The van der Waals surface area contributed by atoms with Gasteiger partial charge in [-0.3, -0.25) is 0 Å². The molecule has 0 radical (unpaired) electrons. The van der Waals surface area contributed by atoms with E-state index in [1.54, 1.807) is 0 Å². The van der Waals surface area contributed by atoms with Crippen LogP contribution in [-0.2, 0) is 5.41 Å². The van der Waals surface area contributed by atoms with Gasteiger partial charge in [0.05, 0.1) is 39.0 Å². The maximum Gasteiger partial charge on any atom is 0.0972 e. The van der Waals surface area contributed by atoms with E-state index in [0.717, 1.165) is 88.0 Å². The normalized spacial score (nSPS) is 12.9. The smallest absolute Gasteiger partial charge is 0.0972 e. The van der Waals surface area contributed by atoms with Gasteiger partial charge in [0.15, 0.2) is 0 Å². The van der Waals surface area contributed by atoms with Crippen LogP contribution in [0.1, 0.15) is 22.3 Å². The van der Waals surface area contributed by atoms with E-state index in [-0.39, 0.29) is 0 Å². The second-order valence-electron chi connectivity index (χ2n) is 16.6. The summed E-state index contributed by atoms with van der Waals surface area (Å²) < 4.78 is 0. The van der Waals surface area contributed by atoms with Gasteiger partial charge in [0.2, 0.25) is 0 Å². The predicted molar refractivity (Wildman–Crippen MR) is 261 cm³/mol. The van der Waals surface area contributed by atoms with Crippen molar-refractivity contribution in [1.82, 2.24) is 15.0 Å². The highest BCUT2D eigenvalue weighted by Gasteiger charge is 2.47. The van der Waals surface area contributed by atoms with Crippen molar-refractivity contribution < 1.29 is 0 Å². The average molecular weight is 800 g/mol.